The fraction of sp³-hybridized carbons (Fsp3) is 0. The zero-order valence-electron chi connectivity index (χ0n) is 11.0. The molecule has 2 heterocycles. The van der Waals surface area contributed by atoms with Crippen LogP contribution in [0.25, 0.3) is 33.3 Å². The number of rotatable bonds is 1. The van der Waals surface area contributed by atoms with Gasteiger partial charge >= 0.3 is 0 Å². The van der Waals surface area contributed by atoms with E-state index in [4.69, 9.17) is 17.3 Å². The Bertz CT molecular complexity index is 957. The zero-order chi connectivity index (χ0) is 14.4. The van der Waals surface area contributed by atoms with Crippen molar-refractivity contribution >= 4 is 39.2 Å². The van der Waals surface area contributed by atoms with E-state index in [-0.39, 0.29) is 0 Å². The van der Waals surface area contributed by atoms with E-state index in [2.05, 4.69) is 15.0 Å². The van der Waals surface area contributed by atoms with Crippen molar-refractivity contribution in [3.05, 3.63) is 53.7 Å². The molecule has 0 saturated heterocycles. The monoisotopic (exact) mass is 294 g/mol. The molecule has 0 spiro atoms. The molecular weight excluding hydrogens is 284 g/mol. The molecular formula is C16H11ClN4. The van der Waals surface area contributed by atoms with Crippen molar-refractivity contribution in [3.8, 4) is 11.4 Å². The van der Waals surface area contributed by atoms with E-state index in [1.807, 2.05) is 42.5 Å². The Kier molecular flexibility index (Phi) is 2.59. The molecule has 0 radical (unpaired) electrons. The highest BCUT2D eigenvalue weighted by atomic mass is 35.5. The van der Waals surface area contributed by atoms with E-state index < -0.39 is 0 Å². The lowest BCUT2D eigenvalue weighted by Crippen LogP contribution is -1.84. The number of nitrogens with two attached hydrogens (primary N) is 1. The Morgan fingerprint density at radius 3 is 2.67 bits per heavy atom. The Morgan fingerprint density at radius 2 is 1.86 bits per heavy atom. The molecule has 0 unspecified atom stereocenters. The van der Waals surface area contributed by atoms with Crippen LogP contribution in [-0.4, -0.2) is 15.0 Å². The zero-order valence-corrected chi connectivity index (χ0v) is 11.7. The number of aromatic amines is 1. The average Bonchev–Trinajstić information content (AvgIpc) is 2.92. The molecule has 4 rings (SSSR count). The lowest BCUT2D eigenvalue weighted by molar-refractivity contribution is 1.34. The standard InChI is InChI=1S/C16H11ClN4/c17-13-14-10(2-1-7-19-14)8-12-15(13)21-16(20-12)9-3-5-11(18)6-4-9/h1-8H,18H2,(H,20,21). The summed E-state index contributed by atoms with van der Waals surface area (Å²) in [7, 11) is 0. The first kappa shape index (κ1) is 12.2. The fourth-order valence-electron chi connectivity index (χ4n) is 2.42. The van der Waals surface area contributed by atoms with Gasteiger partial charge in [-0.1, -0.05) is 17.7 Å². The minimum absolute atomic E-state index is 0.570. The molecule has 3 N–H and O–H groups in total. The number of nitrogens with zero attached hydrogens (tertiary/aromatic N) is 2. The van der Waals surface area contributed by atoms with Crippen LogP contribution in [-0.2, 0) is 0 Å². The maximum atomic E-state index is 6.44. The Hall–Kier alpha value is -2.59. The van der Waals surface area contributed by atoms with Gasteiger partial charge in [-0.25, -0.2) is 4.98 Å². The van der Waals surface area contributed by atoms with Gasteiger partial charge in [0.05, 0.1) is 16.1 Å². The molecule has 2 aromatic carbocycles. The number of nitrogens with one attached hydrogen (secondary N) is 1. The lowest BCUT2D eigenvalue weighted by Gasteiger charge is -1.99. The number of aromatic nitrogens is 3. The summed E-state index contributed by atoms with van der Waals surface area (Å²) in [6.07, 6.45) is 1.73. The largest absolute Gasteiger partial charge is 0.399 e. The second-order valence-electron chi connectivity index (χ2n) is 4.87. The predicted octanol–water partition coefficient (Wildman–Crippen LogP) is 4.01. The van der Waals surface area contributed by atoms with Gasteiger partial charge in [0.25, 0.3) is 0 Å². The molecule has 102 valence electrons. The van der Waals surface area contributed by atoms with E-state index >= 15 is 0 Å². The summed E-state index contributed by atoms with van der Waals surface area (Å²) >= 11 is 6.44. The quantitative estimate of drug-likeness (QED) is 0.521. The third-order valence-corrected chi connectivity index (χ3v) is 3.83. The molecule has 21 heavy (non-hydrogen) atoms. The van der Waals surface area contributed by atoms with Gasteiger partial charge in [-0.05, 0) is 36.4 Å². The Morgan fingerprint density at radius 1 is 1.05 bits per heavy atom. The van der Waals surface area contributed by atoms with Crippen LogP contribution in [0.3, 0.4) is 0 Å². The van der Waals surface area contributed by atoms with Crippen LogP contribution in [0.1, 0.15) is 0 Å². The summed E-state index contributed by atoms with van der Waals surface area (Å²) in [5.41, 5.74) is 9.80. The molecule has 0 aliphatic heterocycles. The number of pyridine rings is 1. The van der Waals surface area contributed by atoms with E-state index in [0.717, 1.165) is 39.0 Å². The number of fused-ring (bicyclic) bond motifs is 2. The molecule has 4 nitrogen and oxygen atoms in total. The highest BCUT2D eigenvalue weighted by Gasteiger charge is 2.12. The summed E-state index contributed by atoms with van der Waals surface area (Å²) in [6.45, 7) is 0. The molecule has 5 heteroatoms. The van der Waals surface area contributed by atoms with Gasteiger partial charge in [-0.15, -0.1) is 0 Å². The van der Waals surface area contributed by atoms with Crippen LogP contribution >= 0.6 is 11.6 Å². The number of nitrogen functional groups attached to an aromatic ring is 1. The molecule has 2 aromatic heterocycles. The molecule has 0 amide bonds. The maximum absolute atomic E-state index is 6.44. The average molecular weight is 295 g/mol. The van der Waals surface area contributed by atoms with Crippen LogP contribution in [0.5, 0.6) is 0 Å². The first-order valence-electron chi connectivity index (χ1n) is 6.51. The van der Waals surface area contributed by atoms with E-state index in [9.17, 15) is 0 Å². The highest BCUT2D eigenvalue weighted by molar-refractivity contribution is 6.39. The van der Waals surface area contributed by atoms with Crippen molar-refractivity contribution in [1.29, 1.82) is 0 Å². The van der Waals surface area contributed by atoms with Crippen molar-refractivity contribution in [2.75, 3.05) is 5.73 Å². The number of halogens is 1. The van der Waals surface area contributed by atoms with Crippen molar-refractivity contribution in [1.82, 2.24) is 15.0 Å². The summed E-state index contributed by atoms with van der Waals surface area (Å²) < 4.78 is 0. The smallest absolute Gasteiger partial charge is 0.138 e. The lowest BCUT2D eigenvalue weighted by atomic mass is 10.2. The van der Waals surface area contributed by atoms with Gasteiger partial charge in [0.2, 0.25) is 0 Å². The van der Waals surface area contributed by atoms with Gasteiger partial charge in [0, 0.05) is 22.8 Å². The van der Waals surface area contributed by atoms with Gasteiger partial charge in [0.15, 0.2) is 0 Å². The second-order valence-corrected chi connectivity index (χ2v) is 5.25. The summed E-state index contributed by atoms with van der Waals surface area (Å²) in [5.74, 6) is 0.766. The first-order valence-corrected chi connectivity index (χ1v) is 6.89. The highest BCUT2D eigenvalue weighted by Crippen LogP contribution is 2.31. The number of H-pyrrole nitrogens is 1. The molecule has 4 aromatic rings. The van der Waals surface area contributed by atoms with Crippen LogP contribution in [0.15, 0.2) is 48.7 Å². The fourth-order valence-corrected chi connectivity index (χ4v) is 2.72. The molecule has 0 fully saturated rings. The molecule has 0 aliphatic carbocycles. The normalized spacial score (nSPS) is 11.3. The first-order chi connectivity index (χ1) is 10.2. The van der Waals surface area contributed by atoms with Crippen LogP contribution in [0, 0.1) is 0 Å². The van der Waals surface area contributed by atoms with Crippen LogP contribution < -0.4 is 5.73 Å². The summed E-state index contributed by atoms with van der Waals surface area (Å²) in [6, 6.07) is 13.4. The minimum atomic E-state index is 0.570. The van der Waals surface area contributed by atoms with E-state index in [0.29, 0.717) is 5.02 Å². The number of anilines is 1. The second kappa shape index (κ2) is 4.46. The number of benzene rings is 2. The van der Waals surface area contributed by atoms with Crippen molar-refractivity contribution in [2.24, 2.45) is 0 Å². The topological polar surface area (TPSA) is 67.6 Å². The Labute approximate surface area is 125 Å². The van der Waals surface area contributed by atoms with Gasteiger partial charge < -0.3 is 10.7 Å². The van der Waals surface area contributed by atoms with Gasteiger partial charge in [-0.3, -0.25) is 4.98 Å². The summed E-state index contributed by atoms with van der Waals surface area (Å²) in [5, 5.41) is 1.56. The molecule has 0 saturated carbocycles. The molecule has 0 bridgehead atoms. The maximum Gasteiger partial charge on any atom is 0.138 e. The van der Waals surface area contributed by atoms with Crippen molar-refractivity contribution < 1.29 is 0 Å². The number of imidazole rings is 1. The van der Waals surface area contributed by atoms with E-state index in [1.54, 1.807) is 6.20 Å². The summed E-state index contributed by atoms with van der Waals surface area (Å²) in [4.78, 5) is 12.2. The van der Waals surface area contributed by atoms with Gasteiger partial charge in [0.1, 0.15) is 11.3 Å². The minimum Gasteiger partial charge on any atom is -0.399 e. The third kappa shape index (κ3) is 1.92. The van der Waals surface area contributed by atoms with Crippen LogP contribution in [0.4, 0.5) is 5.69 Å². The van der Waals surface area contributed by atoms with Crippen LogP contribution in [0.2, 0.25) is 5.02 Å². The SMILES string of the molecule is Nc1ccc(-c2nc3c(Cl)c4ncccc4cc3[nH]2)cc1. The molecule has 0 aliphatic rings. The van der Waals surface area contributed by atoms with E-state index in [1.165, 1.54) is 0 Å². The Balaban J connectivity index is 1.99. The number of hydrogen-bond acceptors (Lipinski definition) is 3. The van der Waals surface area contributed by atoms with Gasteiger partial charge in [-0.2, -0.15) is 0 Å². The number of hydrogen-bond donors (Lipinski definition) is 2. The predicted molar refractivity (Wildman–Crippen MR) is 86.3 cm³/mol. The van der Waals surface area contributed by atoms with Crippen molar-refractivity contribution in [2.45, 2.75) is 0 Å². The third-order valence-electron chi connectivity index (χ3n) is 3.47. The molecule has 0 atom stereocenters. The van der Waals surface area contributed by atoms with Crippen molar-refractivity contribution in [3.63, 3.8) is 0 Å².